The first kappa shape index (κ1) is 19.9. The minimum atomic E-state index is -0.250. The van der Waals surface area contributed by atoms with Crippen molar-refractivity contribution in [1.29, 1.82) is 0 Å². The Balaban J connectivity index is 0.000000758. The molecule has 140 valence electrons. The zero-order valence-electron chi connectivity index (χ0n) is 14.6. The minimum absolute atomic E-state index is 0.0141. The second-order valence-electron chi connectivity index (χ2n) is 5.83. The molecule has 1 amide bonds. The number of halogens is 1. The summed E-state index contributed by atoms with van der Waals surface area (Å²) >= 11 is 6.09. The van der Waals surface area contributed by atoms with E-state index in [-0.39, 0.29) is 12.4 Å². The van der Waals surface area contributed by atoms with Crippen LogP contribution in [0.1, 0.15) is 22.5 Å². The van der Waals surface area contributed by atoms with Crippen LogP contribution < -0.4 is 0 Å². The summed E-state index contributed by atoms with van der Waals surface area (Å²) in [6.45, 7) is 3.88. The molecule has 0 radical (unpaired) electrons. The van der Waals surface area contributed by atoms with Gasteiger partial charge in [0.15, 0.2) is 0 Å². The molecule has 1 N–H and O–H groups in total. The maximum atomic E-state index is 12.6. The monoisotopic (exact) mass is 379 g/mol. The normalized spacial score (nSPS) is 14.9. The zero-order chi connectivity index (χ0) is 18.9. The summed E-state index contributed by atoms with van der Waals surface area (Å²) in [5.41, 5.74) is 1.71. The van der Waals surface area contributed by atoms with Crippen molar-refractivity contribution in [1.82, 2.24) is 24.6 Å². The molecule has 0 bridgehead atoms. The van der Waals surface area contributed by atoms with Crippen LogP contribution in [-0.4, -0.2) is 68.2 Å². The van der Waals surface area contributed by atoms with Gasteiger partial charge in [-0.2, -0.15) is 5.10 Å². The third kappa shape index (κ3) is 5.27. The molecule has 9 heteroatoms. The van der Waals surface area contributed by atoms with E-state index in [1.54, 1.807) is 12.3 Å². The van der Waals surface area contributed by atoms with Gasteiger partial charge in [0, 0.05) is 58.4 Å². The van der Waals surface area contributed by atoms with Crippen LogP contribution in [0.5, 0.6) is 0 Å². The fraction of sp³-hybridized carbons (Fsp3) is 0.412. The molecule has 8 nitrogen and oxygen atoms in total. The van der Waals surface area contributed by atoms with Gasteiger partial charge in [0.1, 0.15) is 0 Å². The molecule has 1 aliphatic rings. The first-order valence-corrected chi connectivity index (χ1v) is 8.60. The Labute approximate surface area is 157 Å². The van der Waals surface area contributed by atoms with Crippen LogP contribution in [0.15, 0.2) is 30.7 Å². The van der Waals surface area contributed by atoms with E-state index < -0.39 is 0 Å². The highest BCUT2D eigenvalue weighted by Gasteiger charge is 2.22. The van der Waals surface area contributed by atoms with Gasteiger partial charge in [0.25, 0.3) is 12.4 Å². The van der Waals surface area contributed by atoms with Crippen molar-refractivity contribution in [2.24, 2.45) is 7.05 Å². The largest absolute Gasteiger partial charge is 0.483 e. The fourth-order valence-corrected chi connectivity index (χ4v) is 3.04. The molecule has 2 aromatic rings. The zero-order valence-corrected chi connectivity index (χ0v) is 15.3. The summed E-state index contributed by atoms with van der Waals surface area (Å²) < 4.78 is 1.89. The van der Waals surface area contributed by atoms with E-state index in [9.17, 15) is 4.79 Å². The molecule has 3 heterocycles. The Morgan fingerprint density at radius 1 is 1.27 bits per heavy atom. The van der Waals surface area contributed by atoms with Gasteiger partial charge in [-0.15, -0.1) is 0 Å². The van der Waals surface area contributed by atoms with Crippen LogP contribution in [0, 0.1) is 0 Å². The molecule has 26 heavy (non-hydrogen) atoms. The van der Waals surface area contributed by atoms with Gasteiger partial charge >= 0.3 is 0 Å². The van der Waals surface area contributed by atoms with Crippen molar-refractivity contribution >= 4 is 24.0 Å². The van der Waals surface area contributed by atoms with Crippen molar-refractivity contribution in [2.45, 2.75) is 13.0 Å². The van der Waals surface area contributed by atoms with Crippen molar-refractivity contribution in [3.8, 4) is 0 Å². The smallest absolute Gasteiger partial charge is 0.290 e. The molecule has 0 unspecified atom stereocenters. The Kier molecular flexibility index (Phi) is 7.55. The van der Waals surface area contributed by atoms with Gasteiger partial charge in [-0.1, -0.05) is 11.6 Å². The van der Waals surface area contributed by atoms with Gasteiger partial charge in [0.05, 0.1) is 16.3 Å². The highest BCUT2D eigenvalue weighted by molar-refractivity contribution is 6.33. The van der Waals surface area contributed by atoms with Crippen LogP contribution in [0.4, 0.5) is 0 Å². The van der Waals surface area contributed by atoms with E-state index in [0.29, 0.717) is 17.1 Å². The van der Waals surface area contributed by atoms with E-state index in [4.69, 9.17) is 21.5 Å². The maximum Gasteiger partial charge on any atom is 0.290 e. The molecular formula is C17H22ClN5O3. The highest BCUT2D eigenvalue weighted by atomic mass is 35.5. The van der Waals surface area contributed by atoms with Crippen molar-refractivity contribution < 1.29 is 14.7 Å². The number of pyridine rings is 1. The Bertz CT molecular complexity index is 737. The van der Waals surface area contributed by atoms with Crippen LogP contribution >= 0.6 is 11.6 Å². The highest BCUT2D eigenvalue weighted by Crippen LogP contribution is 2.17. The predicted molar refractivity (Wildman–Crippen MR) is 96.9 cm³/mol. The lowest BCUT2D eigenvalue weighted by molar-refractivity contribution is -0.122. The van der Waals surface area contributed by atoms with Crippen LogP contribution in [0.3, 0.4) is 0 Å². The summed E-state index contributed by atoms with van der Waals surface area (Å²) in [6, 6.07) is 3.72. The van der Waals surface area contributed by atoms with Gasteiger partial charge in [0.2, 0.25) is 0 Å². The van der Waals surface area contributed by atoms with Gasteiger partial charge in [-0.3, -0.25) is 24.2 Å². The van der Waals surface area contributed by atoms with Gasteiger partial charge < -0.3 is 10.0 Å². The van der Waals surface area contributed by atoms with E-state index in [0.717, 1.165) is 32.6 Å². The number of amides is 1. The number of aromatic nitrogens is 3. The number of aryl methyl sites for hydroxylation is 1. The predicted octanol–water partition coefficient (Wildman–Crippen LogP) is 1.52. The van der Waals surface area contributed by atoms with E-state index in [1.165, 1.54) is 11.9 Å². The third-order valence-electron chi connectivity index (χ3n) is 4.19. The fourth-order valence-electron chi connectivity index (χ4n) is 2.84. The summed E-state index contributed by atoms with van der Waals surface area (Å²) in [4.78, 5) is 29.2. The number of nitrogens with zero attached hydrogens (tertiary/aromatic N) is 5. The topological polar surface area (TPSA) is 91.6 Å². The number of carbonyl (C=O) groups is 2. The summed E-state index contributed by atoms with van der Waals surface area (Å²) in [6.07, 6.45) is 5.88. The average molecular weight is 380 g/mol. The Morgan fingerprint density at radius 2 is 2.04 bits per heavy atom. The molecule has 1 saturated heterocycles. The second-order valence-corrected chi connectivity index (χ2v) is 6.24. The second kappa shape index (κ2) is 9.88. The van der Waals surface area contributed by atoms with E-state index in [1.807, 2.05) is 28.9 Å². The molecule has 3 rings (SSSR count). The Hall–Kier alpha value is -2.45. The third-order valence-corrected chi connectivity index (χ3v) is 4.49. The first-order chi connectivity index (χ1) is 12.6. The number of hydrogen-bond acceptors (Lipinski definition) is 5. The van der Waals surface area contributed by atoms with E-state index >= 15 is 0 Å². The molecule has 0 spiro atoms. The molecular weight excluding hydrogens is 358 g/mol. The Morgan fingerprint density at radius 3 is 2.69 bits per heavy atom. The molecule has 1 aliphatic heterocycles. The van der Waals surface area contributed by atoms with Crippen LogP contribution in [-0.2, 0) is 18.4 Å². The van der Waals surface area contributed by atoms with Crippen molar-refractivity contribution in [2.75, 3.05) is 26.2 Å². The lowest BCUT2D eigenvalue weighted by Crippen LogP contribution is -2.35. The molecule has 1 fully saturated rings. The number of hydrogen-bond donors (Lipinski definition) is 1. The minimum Gasteiger partial charge on any atom is -0.483 e. The van der Waals surface area contributed by atoms with E-state index in [2.05, 4.69) is 15.0 Å². The average Bonchev–Trinajstić information content (AvgIpc) is 2.89. The first-order valence-electron chi connectivity index (χ1n) is 8.22. The molecule has 0 saturated carbocycles. The van der Waals surface area contributed by atoms with Crippen molar-refractivity contribution in [3.63, 3.8) is 0 Å². The van der Waals surface area contributed by atoms with Gasteiger partial charge in [-0.05, 0) is 18.6 Å². The van der Waals surface area contributed by atoms with Crippen molar-refractivity contribution in [3.05, 3.63) is 47.0 Å². The molecule has 0 aliphatic carbocycles. The van der Waals surface area contributed by atoms with Crippen LogP contribution in [0.25, 0.3) is 0 Å². The lowest BCUT2D eigenvalue weighted by Gasteiger charge is -2.22. The maximum absolute atomic E-state index is 12.6. The lowest BCUT2D eigenvalue weighted by atomic mass is 10.2. The summed E-state index contributed by atoms with van der Waals surface area (Å²) in [5, 5.41) is 11.5. The number of rotatable bonds is 3. The number of carbonyl (C=O) groups excluding carboxylic acids is 1. The molecule has 2 aromatic heterocycles. The number of carboxylic acid groups (broad SMARTS) is 1. The van der Waals surface area contributed by atoms with Crippen LogP contribution in [0.2, 0.25) is 5.02 Å². The summed E-state index contributed by atoms with van der Waals surface area (Å²) in [5.74, 6) is -0.0141. The summed E-state index contributed by atoms with van der Waals surface area (Å²) in [7, 11) is 1.95. The standard InChI is InChI=1S/C16H20ClN5O.CH2O2/c1-20-13(3-6-19-20)12-21-7-2-8-22(10-9-21)16(23)14-4-5-18-11-15(14)17;2-1-3/h3-6,11H,2,7-10,12H2,1H3;1H,(H,2,3). The quantitative estimate of drug-likeness (QED) is 0.813. The SMILES string of the molecule is Cn1nccc1CN1CCCN(C(=O)c2ccncc2Cl)CC1.O=CO. The molecule has 0 aromatic carbocycles. The molecule has 0 atom stereocenters. The van der Waals surface area contributed by atoms with Gasteiger partial charge in [-0.25, -0.2) is 0 Å².